The van der Waals surface area contributed by atoms with Gasteiger partial charge in [0.05, 0.1) is 0 Å². The third-order valence-corrected chi connectivity index (χ3v) is 1.92. The van der Waals surface area contributed by atoms with Crippen LogP contribution in [0.5, 0.6) is 0 Å². The Labute approximate surface area is 66.6 Å². The van der Waals surface area contributed by atoms with Crippen LogP contribution in [0.3, 0.4) is 0 Å². The van der Waals surface area contributed by atoms with E-state index in [4.69, 9.17) is 0 Å². The Morgan fingerprint density at radius 1 is 1.42 bits per heavy atom. The van der Waals surface area contributed by atoms with Crippen LogP contribution < -0.4 is 5.32 Å². The fourth-order valence-corrected chi connectivity index (χ4v) is 1.35. The summed E-state index contributed by atoms with van der Waals surface area (Å²) >= 11 is 0. The minimum absolute atomic E-state index is 0.346. The van der Waals surface area contributed by atoms with Gasteiger partial charge in [-0.25, -0.2) is 4.99 Å². The normalized spacial score (nSPS) is 34.4. The van der Waals surface area contributed by atoms with Crippen LogP contribution >= 0.6 is 0 Å². The minimum atomic E-state index is -4.43. The molecule has 2 heterocycles. The fraction of sp³-hybridized carbons (Fsp3) is 0.833. The zero-order chi connectivity index (χ0) is 8.77. The second kappa shape index (κ2) is 2.35. The van der Waals surface area contributed by atoms with E-state index < -0.39 is 18.2 Å². The number of fused-ring (bicyclic) bond motifs is 1. The van der Waals surface area contributed by atoms with Crippen LogP contribution in [0.25, 0.3) is 0 Å². The quantitative estimate of drug-likeness (QED) is 0.582. The summed E-state index contributed by atoms with van der Waals surface area (Å²) in [5, 5.41) is 2.90. The van der Waals surface area contributed by atoms with E-state index >= 15 is 0 Å². The summed E-state index contributed by atoms with van der Waals surface area (Å²) in [5.41, 5.74) is 0. The Morgan fingerprint density at radius 3 is 2.75 bits per heavy atom. The molecule has 6 heteroatoms. The molecule has 2 aliphatic rings. The van der Waals surface area contributed by atoms with Crippen LogP contribution in [0, 0.1) is 0 Å². The maximum atomic E-state index is 12.0. The molecule has 68 valence electrons. The first kappa shape index (κ1) is 7.85. The molecule has 0 spiro atoms. The lowest BCUT2D eigenvalue weighted by Gasteiger charge is -2.09. The zero-order valence-electron chi connectivity index (χ0n) is 6.06. The number of halogens is 3. The van der Waals surface area contributed by atoms with Gasteiger partial charge in [-0.1, -0.05) is 0 Å². The van der Waals surface area contributed by atoms with E-state index in [-0.39, 0.29) is 6.04 Å². The molecule has 0 aromatic rings. The molecule has 2 aliphatic heterocycles. The maximum absolute atomic E-state index is 12.0. The summed E-state index contributed by atoms with van der Waals surface area (Å²) in [7, 11) is 0. The van der Waals surface area contributed by atoms with Gasteiger partial charge in [-0.3, -0.25) is 0 Å². The van der Waals surface area contributed by atoms with E-state index in [9.17, 15) is 13.2 Å². The number of ether oxygens (including phenoxy) is 1. The van der Waals surface area contributed by atoms with E-state index in [0.717, 1.165) is 0 Å². The van der Waals surface area contributed by atoms with Crippen molar-refractivity contribution >= 4 is 5.90 Å². The van der Waals surface area contributed by atoms with Gasteiger partial charge in [-0.2, -0.15) is 13.2 Å². The lowest BCUT2D eigenvalue weighted by molar-refractivity contribution is -0.0785. The summed E-state index contributed by atoms with van der Waals surface area (Å²) in [6.07, 6.45) is -4.84. The monoisotopic (exact) mass is 180 g/mol. The van der Waals surface area contributed by atoms with Gasteiger partial charge < -0.3 is 10.1 Å². The number of aliphatic imine (C=N–C) groups is 1. The lowest BCUT2D eigenvalue weighted by atomic mass is 10.2. The molecular formula is C6H7F3N2O. The highest BCUT2D eigenvalue weighted by molar-refractivity contribution is 5.83. The smallest absolute Gasteiger partial charge is 0.468 e. The van der Waals surface area contributed by atoms with Gasteiger partial charge in [0.25, 0.3) is 5.90 Å². The van der Waals surface area contributed by atoms with Crippen molar-refractivity contribution in [2.45, 2.75) is 18.3 Å². The zero-order valence-corrected chi connectivity index (χ0v) is 6.06. The van der Waals surface area contributed by atoms with Crippen LogP contribution in [-0.4, -0.2) is 37.3 Å². The standard InChI is InChI=1S/C6H7F3N2O/c7-6(8,9)5-11-3-1-10-2-4(3)12-5/h3-4,10H,1-2H2. The average Bonchev–Trinajstić information content (AvgIpc) is 2.37. The van der Waals surface area contributed by atoms with Gasteiger partial charge in [-0.15, -0.1) is 0 Å². The van der Waals surface area contributed by atoms with Crippen LogP contribution in [0.4, 0.5) is 13.2 Å². The molecule has 3 nitrogen and oxygen atoms in total. The molecule has 12 heavy (non-hydrogen) atoms. The summed E-state index contributed by atoms with van der Waals surface area (Å²) in [5.74, 6) is -1.07. The maximum Gasteiger partial charge on any atom is 0.468 e. The third kappa shape index (κ3) is 1.16. The van der Waals surface area contributed by atoms with Crippen molar-refractivity contribution in [3.05, 3.63) is 0 Å². The SMILES string of the molecule is FC(F)(F)C1=NC2CNCC2O1. The predicted octanol–water partition coefficient (Wildman–Crippen LogP) is 0.318. The average molecular weight is 180 g/mol. The molecular weight excluding hydrogens is 173 g/mol. The second-order valence-electron chi connectivity index (χ2n) is 2.81. The van der Waals surface area contributed by atoms with E-state index in [2.05, 4.69) is 15.0 Å². The topological polar surface area (TPSA) is 33.6 Å². The van der Waals surface area contributed by atoms with Gasteiger partial charge in [0.1, 0.15) is 12.1 Å². The Balaban J connectivity index is 2.12. The van der Waals surface area contributed by atoms with Crippen molar-refractivity contribution < 1.29 is 17.9 Å². The Kier molecular flexibility index (Phi) is 1.54. The van der Waals surface area contributed by atoms with E-state index in [0.29, 0.717) is 13.1 Å². The van der Waals surface area contributed by atoms with Crippen molar-refractivity contribution in [2.24, 2.45) is 4.99 Å². The summed E-state index contributed by atoms with van der Waals surface area (Å²) in [6.45, 7) is 0.929. The van der Waals surface area contributed by atoms with Crippen LogP contribution in [0.2, 0.25) is 0 Å². The molecule has 0 aromatic carbocycles. The van der Waals surface area contributed by atoms with Gasteiger partial charge in [-0.05, 0) is 0 Å². The van der Waals surface area contributed by atoms with Crippen LogP contribution in [0.1, 0.15) is 0 Å². The number of nitrogens with one attached hydrogen (secondary N) is 1. The Morgan fingerprint density at radius 2 is 2.17 bits per heavy atom. The van der Waals surface area contributed by atoms with Crippen LogP contribution in [-0.2, 0) is 4.74 Å². The third-order valence-electron chi connectivity index (χ3n) is 1.92. The highest BCUT2D eigenvalue weighted by Crippen LogP contribution is 2.27. The van der Waals surface area contributed by atoms with Crippen molar-refractivity contribution in [1.29, 1.82) is 0 Å². The molecule has 2 rings (SSSR count). The number of alkyl halides is 3. The predicted molar refractivity (Wildman–Crippen MR) is 35.0 cm³/mol. The first-order chi connectivity index (χ1) is 5.57. The highest BCUT2D eigenvalue weighted by atomic mass is 19.4. The molecule has 0 amide bonds. The summed E-state index contributed by atoms with van der Waals surface area (Å²) in [4.78, 5) is 3.43. The van der Waals surface area contributed by atoms with E-state index in [1.807, 2.05) is 0 Å². The number of nitrogens with zero attached hydrogens (tertiary/aromatic N) is 1. The molecule has 1 fully saturated rings. The lowest BCUT2D eigenvalue weighted by Crippen LogP contribution is -2.27. The van der Waals surface area contributed by atoms with Crippen molar-refractivity contribution in [3.8, 4) is 0 Å². The molecule has 1 saturated heterocycles. The molecule has 0 aromatic heterocycles. The van der Waals surface area contributed by atoms with Crippen LogP contribution in [0.15, 0.2) is 4.99 Å². The van der Waals surface area contributed by atoms with Crippen molar-refractivity contribution in [2.75, 3.05) is 13.1 Å². The molecule has 0 aliphatic carbocycles. The van der Waals surface area contributed by atoms with E-state index in [1.165, 1.54) is 0 Å². The Bertz CT molecular complexity index is 225. The molecule has 0 radical (unpaired) electrons. The van der Waals surface area contributed by atoms with Crippen molar-refractivity contribution in [3.63, 3.8) is 0 Å². The van der Waals surface area contributed by atoms with Gasteiger partial charge in [0.15, 0.2) is 0 Å². The second-order valence-corrected chi connectivity index (χ2v) is 2.81. The number of hydrogen-bond donors (Lipinski definition) is 1. The summed E-state index contributed by atoms with van der Waals surface area (Å²) < 4.78 is 40.6. The first-order valence-electron chi connectivity index (χ1n) is 3.60. The molecule has 2 atom stereocenters. The van der Waals surface area contributed by atoms with Gasteiger partial charge in [0, 0.05) is 13.1 Å². The molecule has 1 N–H and O–H groups in total. The van der Waals surface area contributed by atoms with Crippen molar-refractivity contribution in [1.82, 2.24) is 5.32 Å². The number of rotatable bonds is 0. The minimum Gasteiger partial charge on any atom is -0.468 e. The molecule has 0 saturated carbocycles. The van der Waals surface area contributed by atoms with Gasteiger partial charge in [0.2, 0.25) is 0 Å². The summed E-state index contributed by atoms with van der Waals surface area (Å²) in [6, 6.07) is -0.346. The number of hydrogen-bond acceptors (Lipinski definition) is 3. The molecule has 0 bridgehead atoms. The largest absolute Gasteiger partial charge is 0.468 e. The van der Waals surface area contributed by atoms with E-state index in [1.54, 1.807) is 0 Å². The first-order valence-corrected chi connectivity index (χ1v) is 3.60. The molecule has 2 unspecified atom stereocenters. The van der Waals surface area contributed by atoms with Gasteiger partial charge >= 0.3 is 6.18 Å². The highest BCUT2D eigenvalue weighted by Gasteiger charge is 2.47. The fourth-order valence-electron chi connectivity index (χ4n) is 1.35. The Hall–Kier alpha value is -0.780.